The second-order valence-electron chi connectivity index (χ2n) is 5.15. The smallest absolute Gasteiger partial charge is 0.309 e. The Bertz CT molecular complexity index is 569. The Morgan fingerprint density at radius 2 is 1.95 bits per heavy atom. The van der Waals surface area contributed by atoms with Crippen LogP contribution in [-0.4, -0.2) is 30.5 Å². The second kappa shape index (κ2) is 5.90. The number of esters is 1. The first-order chi connectivity index (χ1) is 9.90. The van der Waals surface area contributed by atoms with Crippen LogP contribution >= 0.6 is 0 Å². The van der Waals surface area contributed by atoms with E-state index < -0.39 is 4.92 Å². The molecule has 7 nitrogen and oxygen atoms in total. The third kappa shape index (κ3) is 3.56. The number of carbonyl (C=O) groups excluding carboxylic acids is 2. The molecule has 1 aromatic rings. The van der Waals surface area contributed by atoms with Crippen LogP contribution in [0.2, 0.25) is 0 Å². The highest BCUT2D eigenvalue weighted by Crippen LogP contribution is 2.38. The van der Waals surface area contributed by atoms with Gasteiger partial charge in [-0.05, 0) is 24.5 Å². The molecule has 0 N–H and O–H groups in total. The minimum Gasteiger partial charge on any atom is -0.455 e. The first-order valence-electron chi connectivity index (χ1n) is 6.58. The van der Waals surface area contributed by atoms with Gasteiger partial charge in [0.05, 0.1) is 10.8 Å². The number of amides is 1. The number of anilines is 1. The van der Waals surface area contributed by atoms with Crippen molar-refractivity contribution in [3.05, 3.63) is 34.4 Å². The number of hydrogen-bond donors (Lipinski definition) is 0. The van der Waals surface area contributed by atoms with Crippen LogP contribution in [0, 0.1) is 22.0 Å². The van der Waals surface area contributed by atoms with Crippen LogP contribution < -0.4 is 4.90 Å². The van der Waals surface area contributed by atoms with E-state index in [1.165, 1.54) is 36.2 Å². The molecule has 0 aliphatic heterocycles. The van der Waals surface area contributed by atoms with Crippen molar-refractivity contribution in [3.63, 3.8) is 0 Å². The van der Waals surface area contributed by atoms with Gasteiger partial charge in [-0.1, -0.05) is 6.92 Å². The maximum Gasteiger partial charge on any atom is 0.309 e. The summed E-state index contributed by atoms with van der Waals surface area (Å²) in [6.45, 7) is 1.63. The molecule has 0 spiro atoms. The van der Waals surface area contributed by atoms with Gasteiger partial charge in [0.25, 0.3) is 11.6 Å². The fourth-order valence-corrected chi connectivity index (χ4v) is 1.93. The molecule has 2 atom stereocenters. The van der Waals surface area contributed by atoms with Crippen molar-refractivity contribution in [2.45, 2.75) is 13.3 Å². The number of ether oxygens (including phenoxy) is 1. The Labute approximate surface area is 121 Å². The molecular weight excluding hydrogens is 276 g/mol. The SMILES string of the molecule is C[C@H]1C[C@H]1C(=O)OCC(=O)N(C)c1ccc([N+](=O)[O-])cc1. The normalized spacial score (nSPS) is 19.7. The number of rotatable bonds is 5. The number of carbonyl (C=O) groups is 2. The predicted octanol–water partition coefficient (Wildman–Crippen LogP) is 1.76. The van der Waals surface area contributed by atoms with Gasteiger partial charge < -0.3 is 9.64 Å². The van der Waals surface area contributed by atoms with E-state index in [1.807, 2.05) is 6.92 Å². The van der Waals surface area contributed by atoms with Crippen LogP contribution in [0.15, 0.2) is 24.3 Å². The predicted molar refractivity (Wildman–Crippen MR) is 74.7 cm³/mol. The minimum atomic E-state index is -0.510. The summed E-state index contributed by atoms with van der Waals surface area (Å²) in [5, 5.41) is 10.6. The first-order valence-corrected chi connectivity index (χ1v) is 6.58. The fourth-order valence-electron chi connectivity index (χ4n) is 1.93. The first kappa shape index (κ1) is 15.0. The maximum absolute atomic E-state index is 11.9. The summed E-state index contributed by atoms with van der Waals surface area (Å²) >= 11 is 0. The molecule has 112 valence electrons. The number of nitro benzene ring substituents is 1. The number of non-ortho nitro benzene ring substituents is 1. The summed E-state index contributed by atoms with van der Waals surface area (Å²) in [5.74, 6) is -0.471. The molecular formula is C14H16N2O5. The van der Waals surface area contributed by atoms with Crippen LogP contribution in [-0.2, 0) is 14.3 Å². The molecule has 1 amide bonds. The van der Waals surface area contributed by atoms with E-state index in [2.05, 4.69) is 0 Å². The topological polar surface area (TPSA) is 89.8 Å². The van der Waals surface area contributed by atoms with Crippen molar-refractivity contribution in [1.82, 2.24) is 0 Å². The summed E-state index contributed by atoms with van der Waals surface area (Å²) in [7, 11) is 1.52. The van der Waals surface area contributed by atoms with Gasteiger partial charge >= 0.3 is 5.97 Å². The molecule has 1 aliphatic carbocycles. The van der Waals surface area contributed by atoms with E-state index in [-0.39, 0.29) is 30.1 Å². The van der Waals surface area contributed by atoms with Crippen LogP contribution in [0.1, 0.15) is 13.3 Å². The van der Waals surface area contributed by atoms with Crippen LogP contribution in [0.25, 0.3) is 0 Å². The number of benzene rings is 1. The summed E-state index contributed by atoms with van der Waals surface area (Å²) in [6, 6.07) is 5.58. The Morgan fingerprint density at radius 3 is 2.43 bits per heavy atom. The molecule has 0 radical (unpaired) electrons. The molecule has 1 fully saturated rings. The molecule has 21 heavy (non-hydrogen) atoms. The summed E-state index contributed by atoms with van der Waals surface area (Å²) in [5.41, 5.74) is 0.454. The lowest BCUT2D eigenvalue weighted by molar-refractivity contribution is -0.384. The molecule has 0 unspecified atom stereocenters. The third-order valence-corrected chi connectivity index (χ3v) is 3.57. The minimum absolute atomic E-state index is 0.0475. The molecule has 1 aliphatic rings. The van der Waals surface area contributed by atoms with Gasteiger partial charge in [-0.2, -0.15) is 0 Å². The Morgan fingerprint density at radius 1 is 1.38 bits per heavy atom. The van der Waals surface area contributed by atoms with Crippen molar-refractivity contribution >= 4 is 23.3 Å². The van der Waals surface area contributed by atoms with E-state index in [0.717, 1.165) is 6.42 Å². The van der Waals surface area contributed by atoms with Gasteiger partial charge in [0.2, 0.25) is 0 Å². The van der Waals surface area contributed by atoms with Crippen molar-refractivity contribution in [1.29, 1.82) is 0 Å². The van der Waals surface area contributed by atoms with E-state index in [1.54, 1.807) is 0 Å². The van der Waals surface area contributed by atoms with Gasteiger partial charge in [0.15, 0.2) is 6.61 Å². The molecule has 7 heteroatoms. The number of nitro groups is 1. The van der Waals surface area contributed by atoms with Crippen LogP contribution in [0.5, 0.6) is 0 Å². The number of hydrogen-bond acceptors (Lipinski definition) is 5. The van der Waals surface area contributed by atoms with E-state index in [0.29, 0.717) is 11.6 Å². The zero-order valence-electron chi connectivity index (χ0n) is 11.8. The van der Waals surface area contributed by atoms with Gasteiger partial charge in [0.1, 0.15) is 0 Å². The van der Waals surface area contributed by atoms with Gasteiger partial charge in [-0.15, -0.1) is 0 Å². The summed E-state index contributed by atoms with van der Waals surface area (Å²) < 4.78 is 4.96. The zero-order chi connectivity index (χ0) is 15.6. The quantitative estimate of drug-likeness (QED) is 0.468. The van der Waals surface area contributed by atoms with Gasteiger partial charge in [0, 0.05) is 24.9 Å². The van der Waals surface area contributed by atoms with Crippen molar-refractivity contribution < 1.29 is 19.2 Å². The Hall–Kier alpha value is -2.44. The molecule has 0 heterocycles. The lowest BCUT2D eigenvalue weighted by Crippen LogP contribution is -2.31. The van der Waals surface area contributed by atoms with Crippen LogP contribution in [0.4, 0.5) is 11.4 Å². The van der Waals surface area contributed by atoms with E-state index >= 15 is 0 Å². The average Bonchev–Trinajstić information content (AvgIpc) is 3.20. The van der Waals surface area contributed by atoms with Crippen LogP contribution in [0.3, 0.4) is 0 Å². The van der Waals surface area contributed by atoms with E-state index in [4.69, 9.17) is 4.74 Å². The fraction of sp³-hybridized carbons (Fsp3) is 0.429. The van der Waals surface area contributed by atoms with Crippen molar-refractivity contribution in [2.75, 3.05) is 18.6 Å². The van der Waals surface area contributed by atoms with Gasteiger partial charge in [-0.25, -0.2) is 0 Å². The monoisotopic (exact) mass is 292 g/mol. The Kier molecular flexibility index (Phi) is 4.21. The maximum atomic E-state index is 11.9. The lowest BCUT2D eigenvalue weighted by Gasteiger charge is -2.17. The molecule has 2 rings (SSSR count). The van der Waals surface area contributed by atoms with E-state index in [9.17, 15) is 19.7 Å². The Balaban J connectivity index is 1.89. The molecule has 0 saturated heterocycles. The number of likely N-dealkylation sites (N-methyl/N-ethyl adjacent to an activating group) is 1. The number of nitrogens with zero attached hydrogens (tertiary/aromatic N) is 2. The standard InChI is InChI=1S/C14H16N2O5/c1-9-7-12(9)14(18)21-8-13(17)15(2)10-3-5-11(6-4-10)16(19)20/h3-6,9,12H,7-8H2,1-2H3/t9-,12+/m0/s1. The lowest BCUT2D eigenvalue weighted by atomic mass is 10.2. The third-order valence-electron chi connectivity index (χ3n) is 3.57. The highest BCUT2D eigenvalue weighted by Gasteiger charge is 2.40. The highest BCUT2D eigenvalue weighted by atomic mass is 16.6. The zero-order valence-corrected chi connectivity index (χ0v) is 11.8. The summed E-state index contributed by atoms with van der Waals surface area (Å²) in [6.07, 6.45) is 0.811. The molecule has 0 bridgehead atoms. The molecule has 0 aromatic heterocycles. The molecule has 1 saturated carbocycles. The largest absolute Gasteiger partial charge is 0.455 e. The molecule has 1 aromatic carbocycles. The van der Waals surface area contributed by atoms with Crippen molar-refractivity contribution in [2.24, 2.45) is 11.8 Å². The average molecular weight is 292 g/mol. The van der Waals surface area contributed by atoms with Gasteiger partial charge in [-0.3, -0.25) is 19.7 Å². The highest BCUT2D eigenvalue weighted by molar-refractivity contribution is 5.95. The van der Waals surface area contributed by atoms with Crippen molar-refractivity contribution in [3.8, 4) is 0 Å². The summed E-state index contributed by atoms with van der Waals surface area (Å²) in [4.78, 5) is 34.8. The second-order valence-corrected chi connectivity index (χ2v) is 5.15.